The first kappa shape index (κ1) is 17.8. The van der Waals surface area contributed by atoms with E-state index in [9.17, 15) is 9.59 Å². The molecule has 0 unspecified atom stereocenters. The minimum atomic E-state index is -0.634. The van der Waals surface area contributed by atoms with Gasteiger partial charge in [-0.25, -0.2) is 4.79 Å². The number of amides is 1. The third-order valence-electron chi connectivity index (χ3n) is 3.40. The molecule has 1 amide bonds. The molecule has 0 aliphatic rings. The van der Waals surface area contributed by atoms with E-state index in [2.05, 4.69) is 5.32 Å². The van der Waals surface area contributed by atoms with Crippen LogP contribution in [0, 0.1) is 0 Å². The van der Waals surface area contributed by atoms with Crippen LogP contribution < -0.4 is 10.1 Å². The standard InChI is InChI=1S/C18H18ClNO4/c1-12(13-6-5-7-14(10-13)23-2)20-17(21)11-24-18(22)15-8-3-4-9-16(15)19/h3-10,12H,11H2,1-2H3,(H,20,21)/t12-/m0/s1. The van der Waals surface area contributed by atoms with Crippen molar-refractivity contribution >= 4 is 23.5 Å². The molecular formula is C18H18ClNO4. The molecule has 0 aromatic heterocycles. The summed E-state index contributed by atoms with van der Waals surface area (Å²) in [7, 11) is 1.58. The van der Waals surface area contributed by atoms with Crippen LogP contribution in [-0.2, 0) is 9.53 Å². The van der Waals surface area contributed by atoms with Gasteiger partial charge in [0, 0.05) is 0 Å². The average molecular weight is 348 g/mol. The van der Waals surface area contributed by atoms with Gasteiger partial charge in [-0.1, -0.05) is 35.9 Å². The second kappa shape index (κ2) is 8.36. The monoisotopic (exact) mass is 347 g/mol. The van der Waals surface area contributed by atoms with E-state index < -0.39 is 11.9 Å². The summed E-state index contributed by atoms with van der Waals surface area (Å²) in [6.45, 7) is 1.46. The molecule has 2 rings (SSSR count). The zero-order valence-corrected chi connectivity index (χ0v) is 14.2. The summed E-state index contributed by atoms with van der Waals surface area (Å²) in [4.78, 5) is 23.9. The number of hydrogen-bond acceptors (Lipinski definition) is 4. The van der Waals surface area contributed by atoms with Crippen LogP contribution in [0.5, 0.6) is 5.75 Å². The first-order chi connectivity index (χ1) is 11.5. The fourth-order valence-corrected chi connectivity index (χ4v) is 2.33. The van der Waals surface area contributed by atoms with E-state index >= 15 is 0 Å². The quantitative estimate of drug-likeness (QED) is 0.813. The number of benzene rings is 2. The molecule has 0 radical (unpaired) electrons. The SMILES string of the molecule is COc1cccc([C@H](C)NC(=O)COC(=O)c2ccccc2Cl)c1. The van der Waals surface area contributed by atoms with Crippen molar-refractivity contribution in [3.8, 4) is 5.75 Å². The van der Waals surface area contributed by atoms with Gasteiger partial charge in [-0.15, -0.1) is 0 Å². The highest BCUT2D eigenvalue weighted by Crippen LogP contribution is 2.19. The number of carbonyl (C=O) groups excluding carboxylic acids is 2. The van der Waals surface area contributed by atoms with E-state index in [1.807, 2.05) is 31.2 Å². The van der Waals surface area contributed by atoms with Crippen LogP contribution in [0.2, 0.25) is 5.02 Å². The van der Waals surface area contributed by atoms with E-state index in [1.54, 1.807) is 31.4 Å². The number of hydrogen-bond donors (Lipinski definition) is 1. The van der Waals surface area contributed by atoms with Crippen molar-refractivity contribution in [1.82, 2.24) is 5.32 Å². The van der Waals surface area contributed by atoms with Gasteiger partial charge >= 0.3 is 5.97 Å². The summed E-state index contributed by atoms with van der Waals surface area (Å²) in [5, 5.41) is 3.05. The maximum absolute atomic E-state index is 11.9. The Hall–Kier alpha value is -2.53. The first-order valence-corrected chi connectivity index (χ1v) is 7.74. The Bertz CT molecular complexity index is 732. The highest BCUT2D eigenvalue weighted by atomic mass is 35.5. The average Bonchev–Trinajstić information content (AvgIpc) is 2.60. The smallest absolute Gasteiger partial charge is 0.340 e. The Balaban J connectivity index is 1.89. The van der Waals surface area contributed by atoms with Gasteiger partial charge in [-0.3, -0.25) is 4.79 Å². The summed E-state index contributed by atoms with van der Waals surface area (Å²) < 4.78 is 10.1. The van der Waals surface area contributed by atoms with Crippen molar-refractivity contribution in [2.45, 2.75) is 13.0 Å². The van der Waals surface area contributed by atoms with Crippen molar-refractivity contribution in [3.63, 3.8) is 0 Å². The zero-order valence-electron chi connectivity index (χ0n) is 13.4. The molecule has 24 heavy (non-hydrogen) atoms. The fraction of sp³-hybridized carbons (Fsp3) is 0.222. The Morgan fingerprint density at radius 1 is 1.17 bits per heavy atom. The molecule has 0 saturated heterocycles. The Morgan fingerprint density at radius 2 is 1.92 bits per heavy atom. The number of halogens is 1. The van der Waals surface area contributed by atoms with E-state index in [0.29, 0.717) is 5.75 Å². The molecule has 2 aromatic carbocycles. The molecular weight excluding hydrogens is 330 g/mol. The molecule has 0 spiro atoms. The molecule has 0 aliphatic carbocycles. The Labute approximate surface area is 145 Å². The van der Waals surface area contributed by atoms with Gasteiger partial charge in [0.15, 0.2) is 6.61 Å². The fourth-order valence-electron chi connectivity index (χ4n) is 2.11. The van der Waals surface area contributed by atoms with Crippen molar-refractivity contribution < 1.29 is 19.1 Å². The second-order valence-electron chi connectivity index (χ2n) is 5.12. The Morgan fingerprint density at radius 3 is 2.62 bits per heavy atom. The summed E-state index contributed by atoms with van der Waals surface area (Å²) in [6, 6.07) is 13.6. The molecule has 0 aliphatic heterocycles. The lowest BCUT2D eigenvalue weighted by molar-refractivity contribution is -0.124. The van der Waals surface area contributed by atoms with Gasteiger partial charge in [0.1, 0.15) is 5.75 Å². The van der Waals surface area contributed by atoms with Crippen LogP contribution in [-0.4, -0.2) is 25.6 Å². The topological polar surface area (TPSA) is 64.6 Å². The third-order valence-corrected chi connectivity index (χ3v) is 3.73. The molecule has 0 heterocycles. The van der Waals surface area contributed by atoms with Gasteiger partial charge in [-0.2, -0.15) is 0 Å². The van der Waals surface area contributed by atoms with E-state index in [4.69, 9.17) is 21.1 Å². The number of ether oxygens (including phenoxy) is 2. The molecule has 1 atom stereocenters. The molecule has 5 nitrogen and oxygen atoms in total. The van der Waals surface area contributed by atoms with Crippen molar-refractivity contribution in [2.75, 3.05) is 13.7 Å². The lowest BCUT2D eigenvalue weighted by Crippen LogP contribution is -2.31. The largest absolute Gasteiger partial charge is 0.497 e. The maximum Gasteiger partial charge on any atom is 0.340 e. The van der Waals surface area contributed by atoms with Crippen LogP contribution in [0.4, 0.5) is 0 Å². The lowest BCUT2D eigenvalue weighted by atomic mass is 10.1. The number of carbonyl (C=O) groups is 2. The predicted molar refractivity (Wildman–Crippen MR) is 91.3 cm³/mol. The minimum Gasteiger partial charge on any atom is -0.497 e. The van der Waals surface area contributed by atoms with Crippen molar-refractivity contribution in [2.24, 2.45) is 0 Å². The lowest BCUT2D eigenvalue weighted by Gasteiger charge is -2.15. The van der Waals surface area contributed by atoms with Gasteiger partial charge in [0.2, 0.25) is 0 Å². The molecule has 2 aromatic rings. The summed E-state index contributed by atoms with van der Waals surface area (Å²) >= 11 is 5.91. The van der Waals surface area contributed by atoms with E-state index in [-0.39, 0.29) is 23.2 Å². The molecule has 6 heteroatoms. The summed E-state index contributed by atoms with van der Waals surface area (Å²) in [5.74, 6) is -0.325. The molecule has 1 N–H and O–H groups in total. The van der Waals surface area contributed by atoms with Crippen molar-refractivity contribution in [1.29, 1.82) is 0 Å². The summed E-state index contributed by atoms with van der Waals surface area (Å²) in [6.07, 6.45) is 0. The van der Waals surface area contributed by atoms with Crippen LogP contribution in [0.3, 0.4) is 0 Å². The van der Waals surface area contributed by atoms with Crippen molar-refractivity contribution in [3.05, 3.63) is 64.7 Å². The maximum atomic E-state index is 11.9. The molecule has 0 fully saturated rings. The van der Waals surface area contributed by atoms with Crippen LogP contribution >= 0.6 is 11.6 Å². The van der Waals surface area contributed by atoms with Gasteiger partial charge in [0.05, 0.1) is 23.7 Å². The first-order valence-electron chi connectivity index (χ1n) is 7.36. The van der Waals surface area contributed by atoms with Gasteiger partial charge in [-0.05, 0) is 36.8 Å². The zero-order chi connectivity index (χ0) is 17.5. The number of rotatable bonds is 6. The third kappa shape index (κ3) is 4.73. The number of esters is 1. The van der Waals surface area contributed by atoms with E-state index in [1.165, 1.54) is 0 Å². The van der Waals surface area contributed by atoms with Crippen LogP contribution in [0.15, 0.2) is 48.5 Å². The minimum absolute atomic E-state index is 0.229. The predicted octanol–water partition coefficient (Wildman–Crippen LogP) is 3.38. The van der Waals surface area contributed by atoms with Crippen LogP contribution in [0.25, 0.3) is 0 Å². The molecule has 0 saturated carbocycles. The highest BCUT2D eigenvalue weighted by Gasteiger charge is 2.15. The normalized spacial score (nSPS) is 11.5. The van der Waals surface area contributed by atoms with Crippen LogP contribution in [0.1, 0.15) is 28.9 Å². The molecule has 0 bridgehead atoms. The number of methoxy groups -OCH3 is 1. The van der Waals surface area contributed by atoms with Gasteiger partial charge in [0.25, 0.3) is 5.91 Å². The highest BCUT2D eigenvalue weighted by molar-refractivity contribution is 6.33. The number of nitrogens with one attached hydrogen (secondary N) is 1. The second-order valence-corrected chi connectivity index (χ2v) is 5.53. The Kier molecular flexibility index (Phi) is 6.21. The van der Waals surface area contributed by atoms with E-state index in [0.717, 1.165) is 5.56 Å². The van der Waals surface area contributed by atoms with Gasteiger partial charge < -0.3 is 14.8 Å². The molecule has 126 valence electrons. The summed E-state index contributed by atoms with van der Waals surface area (Å²) in [5.41, 5.74) is 1.12.